The summed E-state index contributed by atoms with van der Waals surface area (Å²) in [4.78, 5) is 22.3. The monoisotopic (exact) mass is 388 g/mol. The van der Waals surface area contributed by atoms with Gasteiger partial charge in [0.25, 0.3) is 0 Å². The molecule has 0 saturated carbocycles. The first-order chi connectivity index (χ1) is 13.7. The number of benzene rings is 2. The Balaban J connectivity index is 1.60. The van der Waals surface area contributed by atoms with E-state index in [1.807, 2.05) is 42.5 Å². The lowest BCUT2D eigenvalue weighted by atomic mass is 10.1. The third kappa shape index (κ3) is 4.18. The minimum absolute atomic E-state index is 0.0269. The van der Waals surface area contributed by atoms with Crippen LogP contribution in [-0.2, 0) is 6.42 Å². The van der Waals surface area contributed by atoms with Crippen molar-refractivity contribution in [2.24, 2.45) is 0 Å². The molecule has 0 bridgehead atoms. The summed E-state index contributed by atoms with van der Waals surface area (Å²) in [5.41, 5.74) is 2.30. The van der Waals surface area contributed by atoms with Crippen LogP contribution in [0.1, 0.15) is 22.2 Å². The summed E-state index contributed by atoms with van der Waals surface area (Å²) >= 11 is 1.76. The number of nitrogens with zero attached hydrogens (tertiary/aromatic N) is 2. The van der Waals surface area contributed by atoms with Gasteiger partial charge in [0, 0.05) is 28.1 Å². The number of rotatable bonds is 7. The van der Waals surface area contributed by atoms with Crippen LogP contribution >= 0.6 is 11.3 Å². The number of hydrogen-bond acceptors (Lipinski definition) is 6. The van der Waals surface area contributed by atoms with E-state index < -0.39 is 0 Å². The molecule has 0 radical (unpaired) electrons. The van der Waals surface area contributed by atoms with Crippen molar-refractivity contribution in [3.05, 3.63) is 76.5 Å². The summed E-state index contributed by atoms with van der Waals surface area (Å²) in [7, 11) is 0. The number of anilines is 3. The predicted octanol–water partition coefficient (Wildman–Crippen LogP) is 5.29. The van der Waals surface area contributed by atoms with Crippen molar-refractivity contribution in [2.75, 3.05) is 17.2 Å². The van der Waals surface area contributed by atoms with E-state index in [9.17, 15) is 4.79 Å². The molecular formula is C22H20N4OS. The van der Waals surface area contributed by atoms with Crippen molar-refractivity contribution in [3.8, 4) is 0 Å². The fraction of sp³-hybridized carbons (Fsp3) is 0.136. The maximum Gasteiger partial charge on any atom is 0.229 e. The quantitative estimate of drug-likeness (QED) is 0.421. The van der Waals surface area contributed by atoms with E-state index in [0.717, 1.165) is 35.4 Å². The van der Waals surface area contributed by atoms with Gasteiger partial charge in [-0.25, -0.2) is 4.98 Å². The molecule has 4 aromatic rings. The van der Waals surface area contributed by atoms with Crippen LogP contribution in [0, 0.1) is 0 Å². The van der Waals surface area contributed by atoms with Gasteiger partial charge < -0.3 is 10.6 Å². The lowest BCUT2D eigenvalue weighted by Crippen LogP contribution is -2.08. The Bertz CT molecular complexity index is 1110. The van der Waals surface area contributed by atoms with Gasteiger partial charge in [-0.1, -0.05) is 30.3 Å². The number of para-hydroxylation sites is 1. The van der Waals surface area contributed by atoms with E-state index in [1.165, 1.54) is 4.88 Å². The van der Waals surface area contributed by atoms with E-state index in [-0.39, 0.29) is 5.78 Å². The summed E-state index contributed by atoms with van der Waals surface area (Å²) in [5.74, 6) is 1.32. The molecule has 28 heavy (non-hydrogen) atoms. The fourth-order valence-electron chi connectivity index (χ4n) is 2.97. The summed E-state index contributed by atoms with van der Waals surface area (Å²) in [6.07, 6.45) is 0.944. The number of fused-ring (bicyclic) bond motifs is 1. The number of thiophene rings is 1. The third-order valence-corrected chi connectivity index (χ3v) is 5.31. The molecule has 140 valence electrons. The molecular weight excluding hydrogens is 368 g/mol. The number of nitrogens with one attached hydrogen (secondary N) is 2. The van der Waals surface area contributed by atoms with Gasteiger partial charge in [-0.05, 0) is 49.1 Å². The molecule has 4 rings (SSSR count). The van der Waals surface area contributed by atoms with Gasteiger partial charge in [-0.3, -0.25) is 4.79 Å². The van der Waals surface area contributed by atoms with Crippen LogP contribution in [0.25, 0.3) is 10.9 Å². The van der Waals surface area contributed by atoms with Gasteiger partial charge in [-0.15, -0.1) is 11.3 Å². The summed E-state index contributed by atoms with van der Waals surface area (Å²) in [5, 5.41) is 9.74. The zero-order valence-corrected chi connectivity index (χ0v) is 16.3. The van der Waals surface area contributed by atoms with Crippen LogP contribution in [-0.4, -0.2) is 22.3 Å². The van der Waals surface area contributed by atoms with Gasteiger partial charge in [0.05, 0.1) is 5.52 Å². The third-order valence-electron chi connectivity index (χ3n) is 4.37. The Morgan fingerprint density at radius 1 is 1.04 bits per heavy atom. The molecule has 0 aliphatic heterocycles. The second-order valence-corrected chi connectivity index (χ2v) is 7.46. The van der Waals surface area contributed by atoms with Crippen LogP contribution in [0.3, 0.4) is 0 Å². The van der Waals surface area contributed by atoms with E-state index in [4.69, 9.17) is 0 Å². The van der Waals surface area contributed by atoms with Gasteiger partial charge in [-0.2, -0.15) is 4.98 Å². The molecule has 0 fully saturated rings. The first-order valence-electron chi connectivity index (χ1n) is 9.10. The second kappa shape index (κ2) is 8.19. The van der Waals surface area contributed by atoms with Crippen molar-refractivity contribution in [1.29, 1.82) is 0 Å². The Morgan fingerprint density at radius 2 is 1.93 bits per heavy atom. The lowest BCUT2D eigenvalue weighted by Gasteiger charge is -2.12. The van der Waals surface area contributed by atoms with E-state index in [2.05, 4.69) is 38.1 Å². The highest BCUT2D eigenvalue weighted by Gasteiger charge is 2.09. The summed E-state index contributed by atoms with van der Waals surface area (Å²) < 4.78 is 0. The molecule has 0 atom stereocenters. The molecule has 0 unspecified atom stereocenters. The number of Topliss-reactive ketones (excluding diaryl/α,β-unsaturated/α-hetero) is 1. The van der Waals surface area contributed by atoms with Gasteiger partial charge in [0.15, 0.2) is 5.78 Å². The highest BCUT2D eigenvalue weighted by Crippen LogP contribution is 2.24. The maximum atomic E-state index is 11.6. The highest BCUT2D eigenvalue weighted by molar-refractivity contribution is 7.09. The van der Waals surface area contributed by atoms with Crippen LogP contribution in [0.5, 0.6) is 0 Å². The van der Waals surface area contributed by atoms with Crippen molar-refractivity contribution >= 4 is 45.5 Å². The Morgan fingerprint density at radius 3 is 2.75 bits per heavy atom. The van der Waals surface area contributed by atoms with Crippen molar-refractivity contribution in [2.45, 2.75) is 13.3 Å². The molecule has 2 heterocycles. The highest BCUT2D eigenvalue weighted by atomic mass is 32.1. The molecule has 0 aliphatic rings. The fourth-order valence-corrected chi connectivity index (χ4v) is 3.68. The molecule has 0 amide bonds. The maximum absolute atomic E-state index is 11.6. The molecule has 0 spiro atoms. The first kappa shape index (κ1) is 18.1. The van der Waals surface area contributed by atoms with Crippen molar-refractivity contribution < 1.29 is 4.79 Å². The summed E-state index contributed by atoms with van der Waals surface area (Å²) in [6.45, 7) is 2.35. The molecule has 2 N–H and O–H groups in total. The number of aromatic nitrogens is 2. The minimum Gasteiger partial charge on any atom is -0.369 e. The van der Waals surface area contributed by atoms with Crippen LogP contribution in [0.2, 0.25) is 0 Å². The molecule has 6 heteroatoms. The number of carbonyl (C=O) groups is 1. The van der Waals surface area contributed by atoms with E-state index >= 15 is 0 Å². The van der Waals surface area contributed by atoms with Gasteiger partial charge in [0.2, 0.25) is 5.95 Å². The SMILES string of the molecule is CC(=O)c1cccc(Nc2nc(NCCc3cccs3)c3ccccc3n2)c1. The average molecular weight is 388 g/mol. The molecule has 2 aromatic carbocycles. The van der Waals surface area contributed by atoms with Gasteiger partial charge >= 0.3 is 0 Å². The smallest absolute Gasteiger partial charge is 0.229 e. The standard InChI is InChI=1S/C22H20N4OS/c1-15(27)16-6-4-7-17(14-16)24-22-25-20-10-3-2-9-19(20)21(26-22)23-12-11-18-8-5-13-28-18/h2-10,13-14H,11-12H2,1H3,(H2,23,24,25,26). The number of carbonyl (C=O) groups excluding carboxylic acids is 1. The average Bonchev–Trinajstić information content (AvgIpc) is 3.21. The zero-order chi connectivity index (χ0) is 19.3. The predicted molar refractivity (Wildman–Crippen MR) is 116 cm³/mol. The Kier molecular flexibility index (Phi) is 5.30. The lowest BCUT2D eigenvalue weighted by molar-refractivity contribution is 0.101. The number of hydrogen-bond donors (Lipinski definition) is 2. The normalized spacial score (nSPS) is 10.8. The van der Waals surface area contributed by atoms with E-state index in [1.54, 1.807) is 24.3 Å². The Hall–Kier alpha value is -3.25. The zero-order valence-electron chi connectivity index (χ0n) is 15.5. The Labute approximate surface area is 167 Å². The topological polar surface area (TPSA) is 66.9 Å². The van der Waals surface area contributed by atoms with Crippen LogP contribution < -0.4 is 10.6 Å². The van der Waals surface area contributed by atoms with E-state index in [0.29, 0.717) is 11.5 Å². The summed E-state index contributed by atoms with van der Waals surface area (Å²) in [6, 6.07) is 19.5. The van der Waals surface area contributed by atoms with Gasteiger partial charge in [0.1, 0.15) is 5.82 Å². The molecule has 0 saturated heterocycles. The second-order valence-electron chi connectivity index (χ2n) is 6.43. The molecule has 2 aromatic heterocycles. The largest absolute Gasteiger partial charge is 0.369 e. The molecule has 0 aliphatic carbocycles. The van der Waals surface area contributed by atoms with Crippen molar-refractivity contribution in [3.63, 3.8) is 0 Å². The van der Waals surface area contributed by atoms with Crippen LogP contribution in [0.4, 0.5) is 17.5 Å². The van der Waals surface area contributed by atoms with Crippen LogP contribution in [0.15, 0.2) is 66.0 Å². The number of ketones is 1. The minimum atomic E-state index is 0.0269. The van der Waals surface area contributed by atoms with Crippen molar-refractivity contribution in [1.82, 2.24) is 9.97 Å². The molecule has 5 nitrogen and oxygen atoms in total. The first-order valence-corrected chi connectivity index (χ1v) is 9.98.